The summed E-state index contributed by atoms with van der Waals surface area (Å²) in [5.74, 6) is 0.595. The van der Waals surface area contributed by atoms with Crippen LogP contribution in [-0.4, -0.2) is 37.1 Å². The topological polar surface area (TPSA) is 50.7 Å². The average Bonchev–Trinajstić information content (AvgIpc) is 3.26. The van der Waals surface area contributed by atoms with Crippen molar-refractivity contribution < 1.29 is 14.6 Å². The summed E-state index contributed by atoms with van der Waals surface area (Å²) in [5, 5.41) is 13.6. The predicted molar refractivity (Wildman–Crippen MR) is 79.3 cm³/mol. The first kappa shape index (κ1) is 15.6. The van der Waals surface area contributed by atoms with Crippen molar-refractivity contribution in [3.05, 3.63) is 28.8 Å². The van der Waals surface area contributed by atoms with Crippen LogP contribution in [0.25, 0.3) is 0 Å². The molecular formula is C15H22ClNO3. The Balaban J connectivity index is 1.78. The minimum atomic E-state index is -0.637. The lowest BCUT2D eigenvalue weighted by Gasteiger charge is -2.14. The van der Waals surface area contributed by atoms with Gasteiger partial charge in [-0.3, -0.25) is 0 Å². The van der Waals surface area contributed by atoms with E-state index in [0.717, 1.165) is 12.1 Å². The van der Waals surface area contributed by atoms with E-state index in [2.05, 4.69) is 5.32 Å². The molecule has 1 fully saturated rings. The van der Waals surface area contributed by atoms with Gasteiger partial charge < -0.3 is 19.9 Å². The van der Waals surface area contributed by atoms with Crippen molar-refractivity contribution in [3.63, 3.8) is 0 Å². The molecule has 2 rings (SSSR count). The van der Waals surface area contributed by atoms with Gasteiger partial charge in [-0.25, -0.2) is 0 Å². The summed E-state index contributed by atoms with van der Waals surface area (Å²) in [4.78, 5) is 0. The van der Waals surface area contributed by atoms with Crippen LogP contribution in [0.1, 0.15) is 25.3 Å². The fourth-order valence-electron chi connectivity index (χ4n) is 1.81. The molecule has 0 radical (unpaired) electrons. The fourth-order valence-corrected chi connectivity index (χ4v) is 2.07. The van der Waals surface area contributed by atoms with Crippen LogP contribution in [0.4, 0.5) is 0 Å². The third kappa shape index (κ3) is 5.29. The Morgan fingerprint density at radius 2 is 2.20 bits per heavy atom. The van der Waals surface area contributed by atoms with Crippen LogP contribution in [0.2, 0.25) is 5.02 Å². The monoisotopic (exact) mass is 299 g/mol. The molecule has 1 atom stereocenters. The Hall–Kier alpha value is -0.810. The van der Waals surface area contributed by atoms with Gasteiger partial charge >= 0.3 is 0 Å². The summed E-state index contributed by atoms with van der Waals surface area (Å²) in [5.41, 5.74) is 1.14. The molecule has 1 aromatic rings. The van der Waals surface area contributed by atoms with E-state index in [-0.39, 0.29) is 13.2 Å². The lowest BCUT2D eigenvalue weighted by atomic mass is 10.2. The molecule has 5 heteroatoms. The van der Waals surface area contributed by atoms with Crippen molar-refractivity contribution in [2.75, 3.05) is 19.8 Å². The van der Waals surface area contributed by atoms with Crippen LogP contribution >= 0.6 is 11.6 Å². The lowest BCUT2D eigenvalue weighted by Crippen LogP contribution is -2.23. The van der Waals surface area contributed by atoms with Crippen molar-refractivity contribution in [3.8, 4) is 5.75 Å². The third-order valence-electron chi connectivity index (χ3n) is 3.11. The molecule has 2 N–H and O–H groups in total. The lowest BCUT2D eigenvalue weighted by molar-refractivity contribution is 0.0164. The second kappa shape index (κ2) is 7.84. The number of hydrogen-bond acceptors (Lipinski definition) is 4. The first-order valence-corrected chi connectivity index (χ1v) is 7.47. The maximum absolute atomic E-state index is 9.64. The quantitative estimate of drug-likeness (QED) is 0.735. The van der Waals surface area contributed by atoms with Crippen molar-refractivity contribution in [1.29, 1.82) is 0 Å². The van der Waals surface area contributed by atoms with Gasteiger partial charge in [0, 0.05) is 19.2 Å². The maximum atomic E-state index is 9.64. The zero-order valence-corrected chi connectivity index (χ0v) is 12.5. The summed E-state index contributed by atoms with van der Waals surface area (Å²) < 4.78 is 10.6. The number of ether oxygens (including phenoxy) is 2. The number of aliphatic hydroxyl groups is 1. The first-order chi connectivity index (χ1) is 9.69. The maximum Gasteiger partial charge on any atom is 0.138 e. The van der Waals surface area contributed by atoms with Gasteiger partial charge in [0.25, 0.3) is 0 Å². The molecule has 1 unspecified atom stereocenters. The number of halogens is 1. The Morgan fingerprint density at radius 1 is 1.40 bits per heavy atom. The van der Waals surface area contributed by atoms with Crippen molar-refractivity contribution in [2.24, 2.45) is 0 Å². The fraction of sp³-hybridized carbons (Fsp3) is 0.600. The van der Waals surface area contributed by atoms with Crippen LogP contribution in [0.3, 0.4) is 0 Å². The van der Waals surface area contributed by atoms with E-state index < -0.39 is 6.10 Å². The molecule has 1 saturated carbocycles. The van der Waals surface area contributed by atoms with Crippen LogP contribution in [0, 0.1) is 0 Å². The molecule has 0 amide bonds. The van der Waals surface area contributed by atoms with Gasteiger partial charge in [0.05, 0.1) is 11.6 Å². The van der Waals surface area contributed by atoms with Gasteiger partial charge in [-0.05, 0) is 37.5 Å². The molecule has 20 heavy (non-hydrogen) atoms. The van der Waals surface area contributed by atoms with Gasteiger partial charge in [0.15, 0.2) is 0 Å². The van der Waals surface area contributed by atoms with E-state index in [0.29, 0.717) is 23.4 Å². The molecular weight excluding hydrogens is 278 g/mol. The molecule has 0 aliphatic heterocycles. The van der Waals surface area contributed by atoms with Crippen LogP contribution in [0.15, 0.2) is 18.2 Å². The van der Waals surface area contributed by atoms with E-state index in [1.54, 1.807) is 0 Å². The van der Waals surface area contributed by atoms with Gasteiger partial charge in [-0.1, -0.05) is 17.7 Å². The molecule has 112 valence electrons. The molecule has 0 bridgehead atoms. The highest BCUT2D eigenvalue weighted by atomic mass is 35.5. The summed E-state index contributed by atoms with van der Waals surface area (Å²) in [6, 6.07) is 6.42. The minimum Gasteiger partial charge on any atom is -0.489 e. The standard InChI is InChI=1S/C15H22ClNO3/c1-2-19-9-13(18)10-20-15-6-3-11(7-14(15)16)8-17-12-4-5-12/h3,6-7,12-13,17-18H,2,4-5,8-10H2,1H3. The largest absolute Gasteiger partial charge is 0.489 e. The minimum absolute atomic E-state index is 0.180. The predicted octanol–water partition coefficient (Wildman–Crippen LogP) is 2.37. The third-order valence-corrected chi connectivity index (χ3v) is 3.41. The number of hydrogen-bond donors (Lipinski definition) is 2. The van der Waals surface area contributed by atoms with Crippen LogP contribution in [0.5, 0.6) is 5.75 Å². The molecule has 1 aliphatic rings. The number of rotatable bonds is 9. The van der Waals surface area contributed by atoms with Crippen LogP contribution in [-0.2, 0) is 11.3 Å². The molecule has 0 spiro atoms. The molecule has 0 saturated heterocycles. The summed E-state index contributed by atoms with van der Waals surface area (Å²) >= 11 is 6.18. The SMILES string of the molecule is CCOCC(O)COc1ccc(CNC2CC2)cc1Cl. The smallest absolute Gasteiger partial charge is 0.138 e. The highest BCUT2D eigenvalue weighted by Crippen LogP contribution is 2.26. The highest BCUT2D eigenvalue weighted by Gasteiger charge is 2.20. The van der Waals surface area contributed by atoms with Gasteiger partial charge in [0.2, 0.25) is 0 Å². The Kier molecular flexibility index (Phi) is 6.10. The summed E-state index contributed by atoms with van der Waals surface area (Å²) in [6.45, 7) is 3.76. The first-order valence-electron chi connectivity index (χ1n) is 7.09. The van der Waals surface area contributed by atoms with Crippen molar-refractivity contribution >= 4 is 11.6 Å². The van der Waals surface area contributed by atoms with Crippen LogP contribution < -0.4 is 10.1 Å². The molecule has 0 aromatic heterocycles. The summed E-state index contributed by atoms with van der Waals surface area (Å²) in [6.07, 6.45) is 1.90. The average molecular weight is 300 g/mol. The zero-order valence-electron chi connectivity index (χ0n) is 11.8. The zero-order chi connectivity index (χ0) is 14.4. The van der Waals surface area contributed by atoms with Gasteiger partial charge in [-0.2, -0.15) is 0 Å². The Morgan fingerprint density at radius 3 is 2.85 bits per heavy atom. The van der Waals surface area contributed by atoms with E-state index in [1.165, 1.54) is 12.8 Å². The van der Waals surface area contributed by atoms with E-state index in [1.807, 2.05) is 25.1 Å². The second-order valence-corrected chi connectivity index (χ2v) is 5.45. The molecule has 1 aromatic carbocycles. The summed E-state index contributed by atoms with van der Waals surface area (Å²) in [7, 11) is 0. The second-order valence-electron chi connectivity index (χ2n) is 5.04. The molecule has 1 aliphatic carbocycles. The Bertz CT molecular complexity index is 424. The number of benzene rings is 1. The van der Waals surface area contributed by atoms with E-state index >= 15 is 0 Å². The molecule has 0 heterocycles. The van der Waals surface area contributed by atoms with E-state index in [9.17, 15) is 5.11 Å². The van der Waals surface area contributed by atoms with Crippen molar-refractivity contribution in [1.82, 2.24) is 5.32 Å². The van der Waals surface area contributed by atoms with E-state index in [4.69, 9.17) is 21.1 Å². The molecule has 4 nitrogen and oxygen atoms in total. The van der Waals surface area contributed by atoms with Gasteiger partial charge in [-0.15, -0.1) is 0 Å². The normalized spacial score (nSPS) is 16.1. The van der Waals surface area contributed by atoms with Crippen molar-refractivity contribution in [2.45, 2.75) is 38.5 Å². The highest BCUT2D eigenvalue weighted by molar-refractivity contribution is 6.32. The van der Waals surface area contributed by atoms with Gasteiger partial charge in [0.1, 0.15) is 18.5 Å². The Labute approximate surface area is 125 Å². The number of aliphatic hydroxyl groups excluding tert-OH is 1. The number of nitrogens with one attached hydrogen (secondary N) is 1.